The smallest absolute Gasteiger partial charge is 0.119 e. The molecule has 2 rings (SSSR count). The third kappa shape index (κ3) is 4.27. The van der Waals surface area contributed by atoms with E-state index in [1.165, 1.54) is 18.4 Å². The summed E-state index contributed by atoms with van der Waals surface area (Å²) < 4.78 is 5.23. The molecule has 1 saturated heterocycles. The van der Waals surface area contributed by atoms with Gasteiger partial charge < -0.3 is 10.1 Å². The first-order valence-corrected chi connectivity index (χ1v) is 6.84. The summed E-state index contributed by atoms with van der Waals surface area (Å²) in [5.74, 6) is 3.63. The highest BCUT2D eigenvalue weighted by Crippen LogP contribution is 2.14. The average molecular weight is 258 g/mol. The van der Waals surface area contributed by atoms with E-state index in [0.29, 0.717) is 6.04 Å². The molecule has 1 aromatic rings. The Balaban J connectivity index is 1.76. The number of nitrogens with zero attached hydrogens (tertiary/aromatic N) is 1. The van der Waals surface area contributed by atoms with Crippen LogP contribution in [0.1, 0.15) is 18.4 Å². The molecular weight excluding hydrogens is 236 g/mol. The molecular formula is C16H22N2O. The van der Waals surface area contributed by atoms with Crippen molar-refractivity contribution in [2.45, 2.75) is 25.4 Å². The summed E-state index contributed by atoms with van der Waals surface area (Å²) in [5, 5.41) is 3.62. The minimum absolute atomic E-state index is 0.597. The van der Waals surface area contributed by atoms with Gasteiger partial charge in [0.1, 0.15) is 5.75 Å². The fourth-order valence-electron chi connectivity index (χ4n) is 2.47. The summed E-state index contributed by atoms with van der Waals surface area (Å²) >= 11 is 0. The predicted molar refractivity (Wildman–Crippen MR) is 78.1 cm³/mol. The SMILES string of the molecule is C#CCN1CCC(NCc2cccc(OC)c2)CC1. The van der Waals surface area contributed by atoms with Crippen LogP contribution >= 0.6 is 0 Å². The van der Waals surface area contributed by atoms with Crippen molar-refractivity contribution in [2.24, 2.45) is 0 Å². The fourth-order valence-corrected chi connectivity index (χ4v) is 2.47. The van der Waals surface area contributed by atoms with Crippen LogP contribution in [-0.2, 0) is 6.54 Å². The van der Waals surface area contributed by atoms with E-state index in [4.69, 9.17) is 11.2 Å². The van der Waals surface area contributed by atoms with E-state index < -0.39 is 0 Å². The van der Waals surface area contributed by atoms with Crippen LogP contribution in [0.4, 0.5) is 0 Å². The Hall–Kier alpha value is -1.50. The quantitative estimate of drug-likeness (QED) is 0.816. The van der Waals surface area contributed by atoms with Gasteiger partial charge in [0.2, 0.25) is 0 Å². The van der Waals surface area contributed by atoms with Crippen molar-refractivity contribution in [1.29, 1.82) is 0 Å². The molecule has 0 aliphatic carbocycles. The standard InChI is InChI=1S/C16H22N2O/c1-3-9-18-10-7-15(8-11-18)17-13-14-5-4-6-16(12-14)19-2/h1,4-6,12,15,17H,7-11,13H2,2H3. The summed E-state index contributed by atoms with van der Waals surface area (Å²) in [6, 6.07) is 8.82. The van der Waals surface area contributed by atoms with E-state index in [9.17, 15) is 0 Å². The van der Waals surface area contributed by atoms with Crippen molar-refractivity contribution >= 4 is 0 Å². The number of hydrogen-bond donors (Lipinski definition) is 1. The number of methoxy groups -OCH3 is 1. The molecule has 1 N–H and O–H groups in total. The zero-order valence-corrected chi connectivity index (χ0v) is 11.6. The van der Waals surface area contributed by atoms with Gasteiger partial charge in [-0.2, -0.15) is 0 Å². The molecule has 3 nitrogen and oxygen atoms in total. The molecule has 1 heterocycles. The molecule has 1 fully saturated rings. The molecule has 0 aromatic heterocycles. The molecule has 3 heteroatoms. The second kappa shape index (κ2) is 7.18. The number of rotatable bonds is 5. The van der Waals surface area contributed by atoms with Gasteiger partial charge in [0.15, 0.2) is 0 Å². The number of piperidine rings is 1. The van der Waals surface area contributed by atoms with Crippen LogP contribution in [0.3, 0.4) is 0 Å². The molecule has 102 valence electrons. The third-order valence-corrected chi connectivity index (χ3v) is 3.63. The van der Waals surface area contributed by atoms with E-state index in [1.54, 1.807) is 7.11 Å². The lowest BCUT2D eigenvalue weighted by Crippen LogP contribution is -2.42. The molecule has 0 unspecified atom stereocenters. The van der Waals surface area contributed by atoms with Gasteiger partial charge in [-0.15, -0.1) is 6.42 Å². The minimum atomic E-state index is 0.597. The summed E-state index contributed by atoms with van der Waals surface area (Å²) in [6.07, 6.45) is 7.68. The second-order valence-corrected chi connectivity index (χ2v) is 4.99. The van der Waals surface area contributed by atoms with Gasteiger partial charge in [0, 0.05) is 25.7 Å². The predicted octanol–water partition coefficient (Wildman–Crippen LogP) is 1.88. The average Bonchev–Trinajstić information content (AvgIpc) is 2.47. The number of nitrogens with one attached hydrogen (secondary N) is 1. The second-order valence-electron chi connectivity index (χ2n) is 4.99. The Morgan fingerprint density at radius 3 is 2.89 bits per heavy atom. The van der Waals surface area contributed by atoms with Crippen LogP contribution in [0.2, 0.25) is 0 Å². The first kappa shape index (κ1) is 13.9. The van der Waals surface area contributed by atoms with Gasteiger partial charge in [0.25, 0.3) is 0 Å². The van der Waals surface area contributed by atoms with E-state index in [0.717, 1.165) is 31.9 Å². The van der Waals surface area contributed by atoms with Gasteiger partial charge >= 0.3 is 0 Å². The molecule has 1 aliphatic rings. The maximum absolute atomic E-state index is 5.34. The van der Waals surface area contributed by atoms with Crippen molar-refractivity contribution in [3.63, 3.8) is 0 Å². The fraction of sp³-hybridized carbons (Fsp3) is 0.500. The monoisotopic (exact) mass is 258 g/mol. The Kier molecular flexibility index (Phi) is 5.26. The minimum Gasteiger partial charge on any atom is -0.497 e. The summed E-state index contributed by atoms with van der Waals surface area (Å²) in [5.41, 5.74) is 1.27. The molecule has 1 aliphatic heterocycles. The van der Waals surface area contributed by atoms with Gasteiger partial charge in [-0.25, -0.2) is 0 Å². The maximum atomic E-state index is 5.34. The van der Waals surface area contributed by atoms with E-state index in [-0.39, 0.29) is 0 Å². The lowest BCUT2D eigenvalue weighted by atomic mass is 10.0. The number of terminal acetylenes is 1. The molecule has 1 aromatic carbocycles. The zero-order valence-electron chi connectivity index (χ0n) is 11.6. The van der Waals surface area contributed by atoms with E-state index in [1.807, 2.05) is 12.1 Å². The number of likely N-dealkylation sites (tertiary alicyclic amines) is 1. The maximum Gasteiger partial charge on any atom is 0.119 e. The van der Waals surface area contributed by atoms with Crippen LogP contribution in [0.25, 0.3) is 0 Å². The van der Waals surface area contributed by atoms with Crippen molar-refractivity contribution in [1.82, 2.24) is 10.2 Å². The topological polar surface area (TPSA) is 24.5 Å². The summed E-state index contributed by atoms with van der Waals surface area (Å²) in [7, 11) is 1.70. The Morgan fingerprint density at radius 1 is 1.42 bits per heavy atom. The summed E-state index contributed by atoms with van der Waals surface area (Å²) in [6.45, 7) is 3.87. The van der Waals surface area contributed by atoms with Crippen LogP contribution in [-0.4, -0.2) is 37.7 Å². The van der Waals surface area contributed by atoms with E-state index in [2.05, 4.69) is 28.3 Å². The van der Waals surface area contributed by atoms with Crippen molar-refractivity contribution in [2.75, 3.05) is 26.7 Å². The number of hydrogen-bond acceptors (Lipinski definition) is 3. The van der Waals surface area contributed by atoms with Gasteiger partial charge in [-0.3, -0.25) is 4.90 Å². The van der Waals surface area contributed by atoms with Crippen LogP contribution in [0.5, 0.6) is 5.75 Å². The summed E-state index contributed by atoms with van der Waals surface area (Å²) in [4.78, 5) is 2.34. The van der Waals surface area contributed by atoms with E-state index >= 15 is 0 Å². The molecule has 19 heavy (non-hydrogen) atoms. The highest BCUT2D eigenvalue weighted by molar-refractivity contribution is 5.28. The van der Waals surface area contributed by atoms with Crippen LogP contribution in [0.15, 0.2) is 24.3 Å². The number of ether oxygens (including phenoxy) is 1. The first-order valence-electron chi connectivity index (χ1n) is 6.84. The Bertz CT molecular complexity index is 431. The first-order chi connectivity index (χ1) is 9.31. The molecule has 0 atom stereocenters. The van der Waals surface area contributed by atoms with Crippen LogP contribution in [0, 0.1) is 12.3 Å². The van der Waals surface area contributed by atoms with Gasteiger partial charge in [0.05, 0.1) is 13.7 Å². The largest absolute Gasteiger partial charge is 0.497 e. The highest BCUT2D eigenvalue weighted by atomic mass is 16.5. The normalized spacial score (nSPS) is 17.1. The molecule has 0 radical (unpaired) electrons. The molecule has 0 amide bonds. The van der Waals surface area contributed by atoms with Gasteiger partial charge in [-0.1, -0.05) is 18.1 Å². The molecule has 0 bridgehead atoms. The lowest BCUT2D eigenvalue weighted by Gasteiger charge is -2.31. The van der Waals surface area contributed by atoms with Crippen LogP contribution < -0.4 is 10.1 Å². The Morgan fingerprint density at radius 2 is 2.21 bits per heavy atom. The third-order valence-electron chi connectivity index (χ3n) is 3.63. The highest BCUT2D eigenvalue weighted by Gasteiger charge is 2.17. The number of benzene rings is 1. The van der Waals surface area contributed by atoms with Crippen molar-refractivity contribution in [3.05, 3.63) is 29.8 Å². The molecule has 0 spiro atoms. The zero-order chi connectivity index (χ0) is 13.5. The van der Waals surface area contributed by atoms with Gasteiger partial charge in [-0.05, 0) is 30.5 Å². The van der Waals surface area contributed by atoms with Crippen molar-refractivity contribution < 1.29 is 4.74 Å². The Labute approximate surface area is 115 Å². The van der Waals surface area contributed by atoms with Crippen molar-refractivity contribution in [3.8, 4) is 18.1 Å². The lowest BCUT2D eigenvalue weighted by molar-refractivity contribution is 0.217. The molecule has 0 saturated carbocycles.